The summed E-state index contributed by atoms with van der Waals surface area (Å²) in [6.45, 7) is -2.37. The molecule has 4 rings (SSSR count). The van der Waals surface area contributed by atoms with Gasteiger partial charge in [0.15, 0.2) is 10.1 Å². The molecule has 4 bridgehead atoms. The number of hydrogen-bond donors (Lipinski definition) is 1. The molecule has 0 spiro atoms. The van der Waals surface area contributed by atoms with Gasteiger partial charge in [-0.25, -0.2) is 8.42 Å². The Kier molecular flexibility index (Phi) is 5.50. The van der Waals surface area contributed by atoms with Crippen molar-refractivity contribution < 1.29 is 54.7 Å². The lowest BCUT2D eigenvalue weighted by Gasteiger charge is -2.53. The van der Waals surface area contributed by atoms with E-state index in [-0.39, 0.29) is 23.5 Å². The zero-order valence-electron chi connectivity index (χ0n) is 15.0. The van der Waals surface area contributed by atoms with Crippen LogP contribution < -0.4 is 0 Å². The molecule has 1 N–H and O–H groups in total. The van der Waals surface area contributed by atoms with Crippen LogP contribution in [0.3, 0.4) is 0 Å². The Bertz CT molecular complexity index is 781. The minimum Gasteiger partial charge on any atom is -0.743 e. The largest absolute Gasteiger partial charge is 0.743 e. The number of aliphatic hydroxyl groups is 1. The third-order valence-electron chi connectivity index (χ3n) is 5.94. The lowest BCUT2D eigenvalue weighted by atomic mass is 9.49. The summed E-state index contributed by atoms with van der Waals surface area (Å²) in [6, 6.07) is 0. The van der Waals surface area contributed by atoms with E-state index in [4.69, 9.17) is 4.74 Å². The van der Waals surface area contributed by atoms with Gasteiger partial charge in [0.2, 0.25) is 0 Å². The number of rotatable bonds is 8. The summed E-state index contributed by atoms with van der Waals surface area (Å²) in [5.41, 5.74) is -0.890. The van der Waals surface area contributed by atoms with Gasteiger partial charge in [-0.2, -0.15) is 17.6 Å². The molecule has 29 heavy (non-hydrogen) atoms. The molecule has 0 heterocycles. The van der Waals surface area contributed by atoms with Crippen molar-refractivity contribution in [3.05, 3.63) is 0 Å². The van der Waals surface area contributed by atoms with Gasteiger partial charge in [0.05, 0.1) is 12.0 Å². The van der Waals surface area contributed by atoms with E-state index in [1.54, 1.807) is 0 Å². The first-order chi connectivity index (χ1) is 13.2. The average Bonchev–Trinajstić information content (AvgIpc) is 2.60. The van der Waals surface area contributed by atoms with Crippen molar-refractivity contribution in [2.24, 2.45) is 23.2 Å². The molecule has 0 aromatic heterocycles. The lowest BCUT2D eigenvalue weighted by Crippen LogP contribution is -2.55. The lowest BCUT2D eigenvalue weighted by molar-refractivity contribution is -0.324. The molecule has 0 amide bonds. The molecule has 0 aliphatic heterocycles. The first-order valence-corrected chi connectivity index (χ1v) is 10.3. The van der Waals surface area contributed by atoms with Crippen molar-refractivity contribution in [2.45, 2.75) is 49.6 Å². The van der Waals surface area contributed by atoms with Crippen molar-refractivity contribution in [2.75, 3.05) is 13.2 Å². The van der Waals surface area contributed by atoms with Crippen molar-refractivity contribution in [1.29, 1.82) is 0 Å². The number of halogens is 4. The average molecular weight is 447 g/mol. The van der Waals surface area contributed by atoms with Crippen LogP contribution in [0.15, 0.2) is 0 Å². The van der Waals surface area contributed by atoms with E-state index >= 15 is 0 Å². The molecular weight excluding hydrogens is 428 g/mol. The van der Waals surface area contributed by atoms with Gasteiger partial charge in [0.25, 0.3) is 0 Å². The molecule has 0 saturated heterocycles. The highest BCUT2D eigenvalue weighted by Crippen LogP contribution is 2.59. The predicted octanol–water partition coefficient (Wildman–Crippen LogP) is 1.03. The van der Waals surface area contributed by atoms with Crippen molar-refractivity contribution >= 4 is 21.9 Å². The number of esters is 1. The second-order valence-corrected chi connectivity index (χ2v) is 9.50. The Balaban J connectivity index is 1.53. The Labute approximate surface area is 163 Å². The second-order valence-electron chi connectivity index (χ2n) is 8.08. The monoisotopic (exact) mass is 447 g/mol. The second kappa shape index (κ2) is 7.13. The minimum absolute atomic E-state index is 0.134. The van der Waals surface area contributed by atoms with Crippen LogP contribution in [0.1, 0.15) is 32.1 Å². The van der Waals surface area contributed by atoms with Gasteiger partial charge in [-0.05, 0) is 38.0 Å². The summed E-state index contributed by atoms with van der Waals surface area (Å²) in [5, 5.41) is 3.55. The Morgan fingerprint density at radius 2 is 1.72 bits per heavy atom. The van der Waals surface area contributed by atoms with Crippen molar-refractivity contribution in [3.63, 3.8) is 0 Å². The number of aliphatic hydroxyl groups excluding tert-OH is 1. The highest BCUT2D eigenvalue weighted by molar-refractivity contribution is 7.86. The van der Waals surface area contributed by atoms with Gasteiger partial charge in [0, 0.05) is 11.8 Å². The van der Waals surface area contributed by atoms with Crippen LogP contribution in [-0.2, 0) is 29.2 Å². The van der Waals surface area contributed by atoms with Gasteiger partial charge in [-0.15, -0.1) is 0 Å². The Hall–Kier alpha value is -1.31. The molecule has 4 saturated carbocycles. The van der Waals surface area contributed by atoms with E-state index in [1.165, 1.54) is 0 Å². The van der Waals surface area contributed by atoms with E-state index < -0.39 is 52.2 Å². The van der Waals surface area contributed by atoms with Gasteiger partial charge in [-0.3, -0.25) is 9.59 Å². The molecule has 4 aliphatic rings. The molecular formula is C16H19F4O8S-. The Morgan fingerprint density at radius 3 is 2.24 bits per heavy atom. The first kappa shape index (κ1) is 22.4. The SMILES string of the molecule is O=C1C2CC3CC1CC(C(=O)OCC(O)COC(F)(F)C(F)(F)S(=O)(=O)[O-])(C3)C2. The number of Topliss-reactive ketones (excluding diaryl/α,β-unsaturated/α-hetero) is 1. The number of carbonyl (C=O) groups excluding carboxylic acids is 2. The number of ether oxygens (including phenoxy) is 2. The normalized spacial score (nSPS) is 33.0. The summed E-state index contributed by atoms with van der Waals surface area (Å²) in [6.07, 6.45) is -5.07. The molecule has 3 atom stereocenters. The molecule has 13 heteroatoms. The summed E-state index contributed by atoms with van der Waals surface area (Å²) in [7, 11) is -6.72. The molecule has 0 aromatic carbocycles. The maximum absolute atomic E-state index is 13.2. The topological polar surface area (TPSA) is 130 Å². The highest BCUT2D eigenvalue weighted by Gasteiger charge is 2.64. The maximum Gasteiger partial charge on any atom is 0.433 e. The van der Waals surface area contributed by atoms with Crippen LogP contribution in [0.25, 0.3) is 0 Å². The molecule has 166 valence electrons. The van der Waals surface area contributed by atoms with Gasteiger partial charge >= 0.3 is 17.3 Å². The number of ketones is 1. The van der Waals surface area contributed by atoms with Crippen LogP contribution in [0.2, 0.25) is 0 Å². The van der Waals surface area contributed by atoms with Crippen LogP contribution in [0, 0.1) is 23.2 Å². The predicted molar refractivity (Wildman–Crippen MR) is 83.5 cm³/mol. The third kappa shape index (κ3) is 3.89. The minimum atomic E-state index is -6.72. The van der Waals surface area contributed by atoms with Gasteiger partial charge in [0.1, 0.15) is 18.5 Å². The molecule has 4 fully saturated rings. The standard InChI is InChI=1S/C16H20F4O8S/c17-15(18,16(19,20)29(24,25)26)28-7-11(21)6-27-13(23)14-3-8-1-9(4-14)12(22)10(2-8)5-14/h8-11,21H,1-7H2,(H,24,25,26)/p-1. The molecule has 0 aromatic rings. The highest BCUT2D eigenvalue weighted by atomic mass is 32.2. The fraction of sp³-hybridized carbons (Fsp3) is 0.875. The number of hydrogen-bond acceptors (Lipinski definition) is 8. The smallest absolute Gasteiger partial charge is 0.433 e. The maximum atomic E-state index is 13.2. The van der Waals surface area contributed by atoms with E-state index in [9.17, 15) is 45.2 Å². The van der Waals surface area contributed by atoms with Gasteiger partial charge in [-0.1, -0.05) is 0 Å². The summed E-state index contributed by atoms with van der Waals surface area (Å²) in [4.78, 5) is 24.7. The summed E-state index contributed by atoms with van der Waals surface area (Å²) < 4.78 is 91.5. The van der Waals surface area contributed by atoms with E-state index in [0.29, 0.717) is 32.1 Å². The zero-order chi connectivity index (χ0) is 21.8. The zero-order valence-corrected chi connectivity index (χ0v) is 15.8. The van der Waals surface area contributed by atoms with Crippen LogP contribution >= 0.6 is 0 Å². The third-order valence-corrected chi connectivity index (χ3v) is 6.81. The summed E-state index contributed by atoms with van der Waals surface area (Å²) >= 11 is 0. The van der Waals surface area contributed by atoms with E-state index in [1.807, 2.05) is 0 Å². The Morgan fingerprint density at radius 1 is 1.17 bits per heavy atom. The molecule has 4 aliphatic carbocycles. The number of alkyl halides is 4. The van der Waals surface area contributed by atoms with Crippen LogP contribution in [-0.4, -0.2) is 60.5 Å². The van der Waals surface area contributed by atoms with Gasteiger partial charge < -0.3 is 19.1 Å². The molecule has 8 nitrogen and oxygen atoms in total. The van der Waals surface area contributed by atoms with Crippen molar-refractivity contribution in [1.82, 2.24) is 0 Å². The summed E-state index contributed by atoms with van der Waals surface area (Å²) in [5.74, 6) is -0.813. The fourth-order valence-corrected chi connectivity index (χ4v) is 5.15. The fourth-order valence-electron chi connectivity index (χ4n) is 4.80. The van der Waals surface area contributed by atoms with E-state index in [0.717, 1.165) is 0 Å². The van der Waals surface area contributed by atoms with Crippen LogP contribution in [0.4, 0.5) is 17.6 Å². The quantitative estimate of drug-likeness (QED) is 0.332. The molecule has 3 unspecified atom stereocenters. The number of carbonyl (C=O) groups is 2. The van der Waals surface area contributed by atoms with E-state index in [2.05, 4.69) is 4.74 Å². The first-order valence-electron chi connectivity index (χ1n) is 8.92. The molecule has 0 radical (unpaired) electrons. The van der Waals surface area contributed by atoms with Crippen LogP contribution in [0.5, 0.6) is 0 Å². The van der Waals surface area contributed by atoms with Crippen molar-refractivity contribution in [3.8, 4) is 0 Å².